The smallest absolute Gasteiger partial charge is 0.207 e. The zero-order valence-electron chi connectivity index (χ0n) is 23.9. The van der Waals surface area contributed by atoms with Crippen LogP contribution in [0, 0.1) is 18.2 Å². The molecule has 39 heavy (non-hydrogen) atoms. The molecule has 7 nitrogen and oxygen atoms in total. The number of fused-ring (bicyclic) bond motifs is 2. The van der Waals surface area contributed by atoms with Crippen molar-refractivity contribution in [2.45, 2.75) is 84.2 Å². The summed E-state index contributed by atoms with van der Waals surface area (Å²) in [4.78, 5) is 24.7. The fourth-order valence-corrected chi connectivity index (χ4v) is 5.09. The number of benzene rings is 2. The Kier molecular flexibility index (Phi) is 8.05. The van der Waals surface area contributed by atoms with Crippen molar-refractivity contribution in [2.75, 3.05) is 19.8 Å². The Morgan fingerprint density at radius 3 is 2.33 bits per heavy atom. The summed E-state index contributed by atoms with van der Waals surface area (Å²) in [7, 11) is 0. The highest BCUT2D eigenvalue weighted by Gasteiger charge is 2.58. The lowest BCUT2D eigenvalue weighted by atomic mass is 9.84. The Bertz CT molecular complexity index is 1280. The number of Topliss-reactive ketones (excluding diaryl/α,β-unsaturated/α-hetero) is 1. The van der Waals surface area contributed by atoms with Crippen molar-refractivity contribution < 1.29 is 23.5 Å². The molecule has 210 valence electrons. The molecule has 0 unspecified atom stereocenters. The Balaban J connectivity index is 0.000000519. The molecule has 3 aliphatic rings. The highest BCUT2D eigenvalue weighted by Crippen LogP contribution is 2.58. The van der Waals surface area contributed by atoms with Crippen molar-refractivity contribution in [3.8, 4) is 11.5 Å². The van der Waals surface area contributed by atoms with Gasteiger partial charge in [-0.15, -0.1) is 0 Å². The van der Waals surface area contributed by atoms with Crippen LogP contribution in [0.25, 0.3) is 0 Å². The molecule has 1 aliphatic heterocycles. The minimum absolute atomic E-state index is 0.0356. The number of rotatable bonds is 9. The van der Waals surface area contributed by atoms with Gasteiger partial charge in [-0.2, -0.15) is 0 Å². The molecule has 8 heteroatoms. The maximum absolute atomic E-state index is 15.6. The molecule has 2 saturated carbocycles. The standard InChI is InChI=1S/C27H33FN2O3.C4H7NO/c1-7-32-21-14-19-22(23(28)24(21)33-8-2)25(29)30(27(19)9-10-27)15-20(31)17-11-16(3)12-18(13-17)26(4,5)6;6-3-5-4-1-2-4/h11-14,29H,7-10,15H2,1-6H3;3-4H,1-2H2,(H,5,6). The van der Waals surface area contributed by atoms with Gasteiger partial charge in [0.2, 0.25) is 6.41 Å². The molecule has 2 aliphatic carbocycles. The first-order valence-electron chi connectivity index (χ1n) is 13.8. The van der Waals surface area contributed by atoms with E-state index in [-0.39, 0.29) is 34.9 Å². The average Bonchev–Trinajstić information content (AvgIpc) is 3.80. The molecule has 0 saturated heterocycles. The number of ketones is 1. The van der Waals surface area contributed by atoms with E-state index in [1.54, 1.807) is 11.8 Å². The summed E-state index contributed by atoms with van der Waals surface area (Å²) in [6.45, 7) is 12.7. The molecule has 1 heterocycles. The van der Waals surface area contributed by atoms with Gasteiger partial charge < -0.3 is 19.7 Å². The van der Waals surface area contributed by atoms with E-state index in [1.807, 2.05) is 32.0 Å². The molecule has 0 atom stereocenters. The highest BCUT2D eigenvalue weighted by molar-refractivity contribution is 6.07. The van der Waals surface area contributed by atoms with E-state index in [1.165, 1.54) is 12.8 Å². The van der Waals surface area contributed by atoms with Gasteiger partial charge in [-0.3, -0.25) is 15.0 Å². The topological polar surface area (TPSA) is 91.7 Å². The predicted molar refractivity (Wildman–Crippen MR) is 150 cm³/mol. The number of carbonyl (C=O) groups excluding carboxylic acids is 2. The Labute approximate surface area is 230 Å². The second kappa shape index (κ2) is 11.0. The van der Waals surface area contributed by atoms with E-state index in [0.29, 0.717) is 30.6 Å². The number of hydrogen-bond donors (Lipinski definition) is 2. The maximum Gasteiger partial charge on any atom is 0.207 e. The number of nitrogens with one attached hydrogen (secondary N) is 2. The summed E-state index contributed by atoms with van der Waals surface area (Å²) in [5.41, 5.74) is 3.11. The van der Waals surface area contributed by atoms with E-state index in [4.69, 9.17) is 14.9 Å². The van der Waals surface area contributed by atoms with Gasteiger partial charge >= 0.3 is 0 Å². The largest absolute Gasteiger partial charge is 0.490 e. The predicted octanol–water partition coefficient (Wildman–Crippen LogP) is 5.64. The van der Waals surface area contributed by atoms with Gasteiger partial charge in [0.25, 0.3) is 0 Å². The van der Waals surface area contributed by atoms with Crippen LogP contribution in [-0.2, 0) is 15.7 Å². The molecule has 2 N–H and O–H groups in total. The molecule has 2 fully saturated rings. The average molecular weight is 538 g/mol. The number of hydrogen-bond acceptors (Lipinski definition) is 5. The first kappa shape index (κ1) is 28.6. The number of ether oxygens (including phenoxy) is 2. The molecule has 0 bridgehead atoms. The second-order valence-electron chi connectivity index (χ2n) is 11.6. The van der Waals surface area contributed by atoms with Crippen molar-refractivity contribution in [3.63, 3.8) is 0 Å². The third-order valence-corrected chi connectivity index (χ3v) is 7.47. The van der Waals surface area contributed by atoms with Crippen LogP contribution in [0.1, 0.15) is 92.9 Å². The van der Waals surface area contributed by atoms with Crippen molar-refractivity contribution in [2.24, 2.45) is 0 Å². The Morgan fingerprint density at radius 2 is 1.82 bits per heavy atom. The summed E-state index contributed by atoms with van der Waals surface area (Å²) in [6.07, 6.45) is 4.67. The molecule has 0 radical (unpaired) electrons. The summed E-state index contributed by atoms with van der Waals surface area (Å²) in [5, 5.41) is 11.4. The van der Waals surface area contributed by atoms with Crippen LogP contribution in [-0.4, -0.2) is 48.7 Å². The minimum Gasteiger partial charge on any atom is -0.490 e. The monoisotopic (exact) mass is 537 g/mol. The lowest BCUT2D eigenvalue weighted by Gasteiger charge is -2.26. The molecule has 0 aromatic heterocycles. The van der Waals surface area contributed by atoms with Crippen LogP contribution in [0.4, 0.5) is 4.39 Å². The normalized spacial score (nSPS) is 16.8. The van der Waals surface area contributed by atoms with Crippen LogP contribution in [0.15, 0.2) is 24.3 Å². The van der Waals surface area contributed by atoms with E-state index in [0.717, 1.165) is 35.9 Å². The van der Waals surface area contributed by atoms with Gasteiger partial charge in [0, 0.05) is 11.6 Å². The van der Waals surface area contributed by atoms with Gasteiger partial charge in [-0.05, 0) is 81.2 Å². The molecule has 5 rings (SSSR count). The van der Waals surface area contributed by atoms with Gasteiger partial charge in [0.15, 0.2) is 23.1 Å². The fraction of sp³-hybridized carbons (Fsp3) is 0.516. The van der Waals surface area contributed by atoms with E-state index < -0.39 is 11.4 Å². The molecular formula is C31H40FN3O4. The second-order valence-corrected chi connectivity index (χ2v) is 11.6. The maximum atomic E-state index is 15.6. The number of amides is 1. The third kappa shape index (κ3) is 5.80. The quantitative estimate of drug-likeness (QED) is 0.319. The first-order chi connectivity index (χ1) is 18.5. The molecule has 2 aromatic rings. The highest BCUT2D eigenvalue weighted by atomic mass is 19.1. The van der Waals surface area contributed by atoms with Crippen molar-refractivity contribution in [3.05, 3.63) is 57.9 Å². The van der Waals surface area contributed by atoms with Crippen LogP contribution >= 0.6 is 0 Å². The van der Waals surface area contributed by atoms with Crippen LogP contribution in [0.2, 0.25) is 0 Å². The van der Waals surface area contributed by atoms with Gasteiger partial charge in [-0.1, -0.05) is 32.4 Å². The Morgan fingerprint density at radius 1 is 1.15 bits per heavy atom. The fourth-order valence-electron chi connectivity index (χ4n) is 5.09. The van der Waals surface area contributed by atoms with Gasteiger partial charge in [0.1, 0.15) is 5.84 Å². The lowest BCUT2D eigenvalue weighted by molar-refractivity contribution is -0.109. The van der Waals surface area contributed by atoms with Crippen molar-refractivity contribution >= 4 is 18.0 Å². The number of aryl methyl sites for hydroxylation is 1. The SMILES string of the molecule is CCOc1cc2c(c(F)c1OCC)C(=N)N(CC(=O)c1cc(C)cc(C(C)(C)C)c1)C21CC1.O=CNC1CC1. The summed E-state index contributed by atoms with van der Waals surface area (Å²) < 4.78 is 26.8. The van der Waals surface area contributed by atoms with Crippen LogP contribution in [0.3, 0.4) is 0 Å². The van der Waals surface area contributed by atoms with E-state index >= 15 is 4.39 Å². The summed E-state index contributed by atoms with van der Waals surface area (Å²) >= 11 is 0. The minimum atomic E-state index is -0.574. The van der Waals surface area contributed by atoms with Crippen molar-refractivity contribution in [1.29, 1.82) is 5.41 Å². The van der Waals surface area contributed by atoms with Gasteiger partial charge in [-0.25, -0.2) is 4.39 Å². The van der Waals surface area contributed by atoms with E-state index in [2.05, 4.69) is 32.2 Å². The molecule has 2 aromatic carbocycles. The molecule has 1 spiro atoms. The number of halogens is 1. The molecule has 1 amide bonds. The summed E-state index contributed by atoms with van der Waals surface area (Å²) in [6, 6.07) is 8.28. The zero-order valence-corrected chi connectivity index (χ0v) is 23.9. The first-order valence-corrected chi connectivity index (χ1v) is 13.8. The number of amidine groups is 1. The van der Waals surface area contributed by atoms with Crippen LogP contribution in [0.5, 0.6) is 11.5 Å². The zero-order chi connectivity index (χ0) is 28.5. The van der Waals surface area contributed by atoms with Gasteiger partial charge in [0.05, 0.1) is 30.9 Å². The summed E-state index contributed by atoms with van der Waals surface area (Å²) in [5.74, 6) is -0.198. The number of carbonyl (C=O) groups is 2. The lowest BCUT2D eigenvalue weighted by Crippen LogP contribution is -2.38. The third-order valence-electron chi connectivity index (χ3n) is 7.47. The van der Waals surface area contributed by atoms with Crippen LogP contribution < -0.4 is 14.8 Å². The molecular weight excluding hydrogens is 497 g/mol. The Hall–Kier alpha value is -3.42. The van der Waals surface area contributed by atoms with Crippen molar-refractivity contribution in [1.82, 2.24) is 10.2 Å². The van der Waals surface area contributed by atoms with E-state index in [9.17, 15) is 9.59 Å². The number of nitrogens with zero attached hydrogens (tertiary/aromatic N) is 1.